The van der Waals surface area contributed by atoms with Crippen LogP contribution in [0.3, 0.4) is 0 Å². The Labute approximate surface area is 171 Å². The van der Waals surface area contributed by atoms with Crippen molar-refractivity contribution in [2.24, 2.45) is 0 Å². The van der Waals surface area contributed by atoms with E-state index < -0.39 is 5.91 Å². The summed E-state index contributed by atoms with van der Waals surface area (Å²) in [7, 11) is 0. The third-order valence-electron chi connectivity index (χ3n) is 4.11. The summed E-state index contributed by atoms with van der Waals surface area (Å²) in [6.45, 7) is 0. The highest BCUT2D eigenvalue weighted by Crippen LogP contribution is 2.19. The minimum atomic E-state index is -0.481. The van der Waals surface area contributed by atoms with E-state index in [2.05, 4.69) is 21.2 Å². The minimum absolute atomic E-state index is 0.00499. The van der Waals surface area contributed by atoms with E-state index in [1.165, 1.54) is 12.1 Å². The van der Waals surface area contributed by atoms with Crippen molar-refractivity contribution in [2.75, 3.05) is 5.32 Å². The molecule has 3 aromatic carbocycles. The van der Waals surface area contributed by atoms with E-state index in [0.29, 0.717) is 12.1 Å². The number of amides is 1. The summed E-state index contributed by atoms with van der Waals surface area (Å²) < 4.78 is 14.4. The first-order valence-corrected chi connectivity index (χ1v) is 9.35. The fourth-order valence-electron chi connectivity index (χ4n) is 2.74. The average molecular weight is 435 g/mol. The molecule has 0 saturated carbocycles. The molecule has 3 rings (SSSR count). The Balaban J connectivity index is 1.85. The number of nitrogens with zero attached hydrogens (tertiary/aromatic N) is 1. The zero-order valence-electron chi connectivity index (χ0n) is 14.8. The molecule has 138 valence electrons. The van der Waals surface area contributed by atoms with Gasteiger partial charge in [-0.1, -0.05) is 52.3 Å². The van der Waals surface area contributed by atoms with E-state index in [9.17, 15) is 14.4 Å². The Kier molecular flexibility index (Phi) is 6.36. The van der Waals surface area contributed by atoms with Crippen molar-refractivity contribution in [3.8, 4) is 6.07 Å². The van der Waals surface area contributed by atoms with Crippen molar-refractivity contribution in [3.63, 3.8) is 0 Å². The predicted octanol–water partition coefficient (Wildman–Crippen LogP) is 5.72. The van der Waals surface area contributed by atoms with E-state index in [4.69, 9.17) is 0 Å². The Morgan fingerprint density at radius 3 is 2.54 bits per heavy atom. The van der Waals surface area contributed by atoms with Crippen molar-refractivity contribution < 1.29 is 9.18 Å². The quantitative estimate of drug-likeness (QED) is 0.412. The highest BCUT2D eigenvalue weighted by atomic mass is 79.9. The van der Waals surface area contributed by atoms with Crippen LogP contribution in [-0.4, -0.2) is 5.91 Å². The molecule has 0 aliphatic carbocycles. The summed E-state index contributed by atoms with van der Waals surface area (Å²) in [4.78, 5) is 12.5. The van der Waals surface area contributed by atoms with E-state index in [-0.39, 0.29) is 11.4 Å². The van der Waals surface area contributed by atoms with E-state index in [1.54, 1.807) is 36.4 Å². The average Bonchev–Trinajstić information content (AvgIpc) is 2.69. The molecule has 0 radical (unpaired) electrons. The summed E-state index contributed by atoms with van der Waals surface area (Å²) in [6, 6.07) is 22.9. The van der Waals surface area contributed by atoms with Crippen LogP contribution in [-0.2, 0) is 11.2 Å². The molecule has 0 bridgehead atoms. The Morgan fingerprint density at radius 1 is 1.07 bits per heavy atom. The maximum absolute atomic E-state index is 13.5. The van der Waals surface area contributed by atoms with Crippen LogP contribution in [0.25, 0.3) is 6.08 Å². The second-order valence-electron chi connectivity index (χ2n) is 6.14. The number of rotatable bonds is 5. The van der Waals surface area contributed by atoms with Gasteiger partial charge in [-0.2, -0.15) is 5.26 Å². The van der Waals surface area contributed by atoms with Crippen LogP contribution >= 0.6 is 15.9 Å². The van der Waals surface area contributed by atoms with Crippen molar-refractivity contribution in [1.82, 2.24) is 0 Å². The van der Waals surface area contributed by atoms with E-state index >= 15 is 0 Å². The molecule has 3 nitrogen and oxygen atoms in total. The van der Waals surface area contributed by atoms with Crippen LogP contribution in [0.4, 0.5) is 10.1 Å². The summed E-state index contributed by atoms with van der Waals surface area (Å²) in [6.07, 6.45) is 2.06. The monoisotopic (exact) mass is 434 g/mol. The molecule has 0 aromatic heterocycles. The van der Waals surface area contributed by atoms with E-state index in [1.807, 2.05) is 36.4 Å². The Morgan fingerprint density at radius 2 is 1.82 bits per heavy atom. The zero-order valence-corrected chi connectivity index (χ0v) is 16.4. The van der Waals surface area contributed by atoms with Gasteiger partial charge in [0.2, 0.25) is 0 Å². The molecule has 0 aliphatic rings. The van der Waals surface area contributed by atoms with Crippen LogP contribution in [0.1, 0.15) is 16.7 Å². The fourth-order valence-corrected chi connectivity index (χ4v) is 3.00. The third-order valence-corrected chi connectivity index (χ3v) is 4.63. The number of hydrogen-bond acceptors (Lipinski definition) is 2. The zero-order chi connectivity index (χ0) is 19.9. The maximum Gasteiger partial charge on any atom is 0.266 e. The molecule has 0 saturated heterocycles. The number of hydrogen-bond donors (Lipinski definition) is 1. The SMILES string of the molecule is N#C/C(=C\c1ccccc1Cc1cccc(F)c1)C(=O)Nc1ccc(Br)cc1. The molecule has 1 N–H and O–H groups in total. The summed E-state index contributed by atoms with van der Waals surface area (Å²) >= 11 is 3.34. The van der Waals surface area contributed by atoms with Gasteiger partial charge in [0.15, 0.2) is 0 Å². The van der Waals surface area contributed by atoms with Crippen LogP contribution in [0.2, 0.25) is 0 Å². The molecule has 0 atom stereocenters. The van der Waals surface area contributed by atoms with Crippen LogP contribution in [0, 0.1) is 17.1 Å². The first-order chi connectivity index (χ1) is 13.5. The smallest absolute Gasteiger partial charge is 0.266 e. The molecule has 0 aliphatic heterocycles. The molecule has 28 heavy (non-hydrogen) atoms. The first kappa shape index (κ1) is 19.5. The summed E-state index contributed by atoms with van der Waals surface area (Å²) in [5.74, 6) is -0.775. The van der Waals surface area contributed by atoms with Gasteiger partial charge in [0.25, 0.3) is 5.91 Å². The molecular formula is C23H16BrFN2O. The molecule has 0 heterocycles. The van der Waals surface area contributed by atoms with Crippen molar-refractivity contribution in [3.05, 3.63) is 105 Å². The molecule has 0 unspecified atom stereocenters. The third kappa shape index (κ3) is 5.15. The van der Waals surface area contributed by atoms with Gasteiger partial charge < -0.3 is 5.32 Å². The lowest BCUT2D eigenvalue weighted by molar-refractivity contribution is -0.112. The summed E-state index contributed by atoms with van der Waals surface area (Å²) in [5.41, 5.74) is 3.06. The van der Waals surface area contributed by atoms with E-state index in [0.717, 1.165) is 21.2 Å². The number of benzene rings is 3. The van der Waals surface area contributed by atoms with Gasteiger partial charge in [-0.05, 0) is 65.6 Å². The maximum atomic E-state index is 13.5. The largest absolute Gasteiger partial charge is 0.321 e. The Bertz CT molecular complexity index is 1070. The van der Waals surface area contributed by atoms with Gasteiger partial charge in [-0.15, -0.1) is 0 Å². The lowest BCUT2D eigenvalue weighted by Gasteiger charge is -2.08. The number of halogens is 2. The van der Waals surface area contributed by atoms with Crippen LogP contribution < -0.4 is 5.32 Å². The molecule has 0 fully saturated rings. The molecule has 1 amide bonds. The molecule has 5 heteroatoms. The lowest BCUT2D eigenvalue weighted by Crippen LogP contribution is -2.13. The van der Waals surface area contributed by atoms with Crippen molar-refractivity contribution in [2.45, 2.75) is 6.42 Å². The number of carbonyl (C=O) groups excluding carboxylic acids is 1. The predicted molar refractivity (Wildman–Crippen MR) is 112 cm³/mol. The normalized spacial score (nSPS) is 11.0. The van der Waals surface area contributed by atoms with Crippen LogP contribution in [0.15, 0.2) is 82.8 Å². The van der Waals surface area contributed by atoms with Gasteiger partial charge in [-0.25, -0.2) is 4.39 Å². The standard InChI is InChI=1S/C23H16BrFN2O/c24-20-8-10-22(11-9-20)27-23(28)19(15-26)14-18-6-2-1-5-17(18)12-16-4-3-7-21(25)13-16/h1-11,13-14H,12H2,(H,27,28)/b19-14+. The second kappa shape index (κ2) is 9.12. The molecular weight excluding hydrogens is 419 g/mol. The lowest BCUT2D eigenvalue weighted by atomic mass is 9.98. The van der Waals surface area contributed by atoms with Gasteiger partial charge in [0, 0.05) is 10.2 Å². The molecule has 0 spiro atoms. The highest BCUT2D eigenvalue weighted by molar-refractivity contribution is 9.10. The Hall–Kier alpha value is -3.23. The number of anilines is 1. The number of nitrogens with one attached hydrogen (secondary N) is 1. The topological polar surface area (TPSA) is 52.9 Å². The van der Waals surface area contributed by atoms with Gasteiger partial charge in [0.05, 0.1) is 0 Å². The van der Waals surface area contributed by atoms with Crippen LogP contribution in [0.5, 0.6) is 0 Å². The number of carbonyl (C=O) groups is 1. The van der Waals surface area contributed by atoms with Gasteiger partial charge in [-0.3, -0.25) is 4.79 Å². The fraction of sp³-hybridized carbons (Fsp3) is 0.0435. The highest BCUT2D eigenvalue weighted by Gasteiger charge is 2.11. The van der Waals surface area contributed by atoms with Gasteiger partial charge in [0.1, 0.15) is 17.5 Å². The summed E-state index contributed by atoms with van der Waals surface area (Å²) in [5, 5.41) is 12.2. The first-order valence-electron chi connectivity index (χ1n) is 8.56. The second-order valence-corrected chi connectivity index (χ2v) is 7.05. The van der Waals surface area contributed by atoms with Crippen molar-refractivity contribution in [1.29, 1.82) is 5.26 Å². The molecule has 3 aromatic rings. The van der Waals surface area contributed by atoms with Gasteiger partial charge >= 0.3 is 0 Å². The number of nitriles is 1. The van der Waals surface area contributed by atoms with Crippen molar-refractivity contribution >= 4 is 33.6 Å². The minimum Gasteiger partial charge on any atom is -0.321 e.